The van der Waals surface area contributed by atoms with Crippen molar-refractivity contribution in [3.8, 4) is 0 Å². The van der Waals surface area contributed by atoms with Crippen LogP contribution in [0.15, 0.2) is 97.1 Å². The van der Waals surface area contributed by atoms with Crippen LogP contribution in [0.25, 0.3) is 24.3 Å². The van der Waals surface area contributed by atoms with Gasteiger partial charge in [-0.1, -0.05) is 0 Å². The van der Waals surface area contributed by atoms with Crippen molar-refractivity contribution in [1.82, 2.24) is 0 Å². The van der Waals surface area contributed by atoms with Gasteiger partial charge in [-0.3, -0.25) is 0 Å². The van der Waals surface area contributed by atoms with E-state index in [1.807, 2.05) is 0 Å². The number of hydrogen-bond donors (Lipinski definition) is 0. The van der Waals surface area contributed by atoms with Crippen LogP contribution in [0.1, 0.15) is 33.4 Å². The van der Waals surface area contributed by atoms with Crippen molar-refractivity contribution >= 4 is 48.2 Å². The summed E-state index contributed by atoms with van der Waals surface area (Å²) in [5.41, 5.74) is 7.51. The first-order valence-electron chi connectivity index (χ1n) is 10.5. The van der Waals surface area contributed by atoms with Crippen LogP contribution in [0.5, 0.6) is 0 Å². The summed E-state index contributed by atoms with van der Waals surface area (Å²) < 4.78 is 2.78. The van der Waals surface area contributed by atoms with Crippen LogP contribution >= 0.6 is 0 Å². The van der Waals surface area contributed by atoms with E-state index in [9.17, 15) is 0 Å². The number of benzene rings is 4. The third kappa shape index (κ3) is 6.43. The Balaban J connectivity index is 1.35. The molecule has 4 rings (SSSR count). The summed E-state index contributed by atoms with van der Waals surface area (Å²) in [6.45, 7) is 4.23. The van der Waals surface area contributed by atoms with Crippen molar-refractivity contribution in [1.29, 1.82) is 0 Å². The molecule has 152 valence electrons. The Kier molecular flexibility index (Phi) is 6.99. The van der Waals surface area contributed by atoms with Gasteiger partial charge in [-0.05, 0) is 0 Å². The molecule has 4 aromatic rings. The van der Waals surface area contributed by atoms with Crippen molar-refractivity contribution in [2.45, 2.75) is 13.8 Å². The predicted octanol–water partition coefficient (Wildman–Crippen LogP) is 6.30. The fraction of sp³-hybridized carbons (Fsp3) is 0.0667. The van der Waals surface area contributed by atoms with Crippen molar-refractivity contribution in [2.75, 3.05) is 0 Å². The van der Waals surface area contributed by atoms with Crippen LogP contribution in [0.3, 0.4) is 0 Å². The monoisotopic (exact) mass is 466 g/mol. The second-order valence-corrected chi connectivity index (χ2v) is 10.1. The topological polar surface area (TPSA) is 0 Å². The standard InChI is InChI=1S/C30H26Se/c1-23-3-7-25(8-4-23)11-13-27-15-19-29(20-16-27)31-30-21-17-28(18-22-30)14-12-26-9-5-24(2)6-10-26/h3-22H,1-2H3/b13-11+,14-12+. The second kappa shape index (κ2) is 10.3. The van der Waals surface area contributed by atoms with Gasteiger partial charge in [-0.15, -0.1) is 0 Å². The molecule has 0 saturated carbocycles. The van der Waals surface area contributed by atoms with E-state index in [1.54, 1.807) is 0 Å². The summed E-state index contributed by atoms with van der Waals surface area (Å²) in [6.07, 6.45) is 8.69. The van der Waals surface area contributed by atoms with Crippen molar-refractivity contribution in [2.24, 2.45) is 0 Å². The van der Waals surface area contributed by atoms with E-state index in [-0.39, 0.29) is 0 Å². The van der Waals surface area contributed by atoms with E-state index in [2.05, 4.69) is 135 Å². The molecule has 0 atom stereocenters. The quantitative estimate of drug-likeness (QED) is 0.232. The van der Waals surface area contributed by atoms with Crippen LogP contribution in [0.2, 0.25) is 0 Å². The van der Waals surface area contributed by atoms with Gasteiger partial charge in [0.25, 0.3) is 0 Å². The first-order chi connectivity index (χ1) is 15.1. The molecule has 0 amide bonds. The van der Waals surface area contributed by atoms with Gasteiger partial charge >= 0.3 is 192 Å². The third-order valence-electron chi connectivity index (χ3n) is 5.09. The fourth-order valence-electron chi connectivity index (χ4n) is 3.17. The van der Waals surface area contributed by atoms with E-state index < -0.39 is 0 Å². The van der Waals surface area contributed by atoms with Gasteiger partial charge in [0, 0.05) is 0 Å². The summed E-state index contributed by atoms with van der Waals surface area (Å²) in [4.78, 5) is 0. The van der Waals surface area contributed by atoms with E-state index in [0.29, 0.717) is 15.0 Å². The molecular weight excluding hydrogens is 439 g/mol. The molecule has 0 bridgehead atoms. The Hall–Kier alpha value is -3.12. The summed E-state index contributed by atoms with van der Waals surface area (Å²) in [7, 11) is 0. The zero-order valence-electron chi connectivity index (χ0n) is 18.0. The molecule has 0 aliphatic heterocycles. The zero-order chi connectivity index (χ0) is 21.5. The van der Waals surface area contributed by atoms with Gasteiger partial charge in [0.05, 0.1) is 0 Å². The molecule has 0 fully saturated rings. The van der Waals surface area contributed by atoms with E-state index in [1.165, 1.54) is 42.3 Å². The molecule has 0 radical (unpaired) electrons. The number of hydrogen-bond acceptors (Lipinski definition) is 0. The molecule has 0 saturated heterocycles. The molecule has 31 heavy (non-hydrogen) atoms. The first-order valence-corrected chi connectivity index (χ1v) is 12.2. The minimum absolute atomic E-state index is 0.318. The number of rotatable bonds is 6. The Bertz CT molecular complexity index is 1060. The molecule has 0 spiro atoms. The maximum absolute atomic E-state index is 2.25. The summed E-state index contributed by atoms with van der Waals surface area (Å²) >= 11 is 0.318. The Labute approximate surface area is 192 Å². The maximum atomic E-state index is 2.25. The average molecular weight is 465 g/mol. The van der Waals surface area contributed by atoms with E-state index in [0.717, 1.165) is 0 Å². The van der Waals surface area contributed by atoms with Crippen molar-refractivity contribution < 1.29 is 0 Å². The first kappa shape index (κ1) is 21.1. The Morgan fingerprint density at radius 1 is 0.387 bits per heavy atom. The summed E-state index contributed by atoms with van der Waals surface area (Å²) in [5, 5.41) is 0. The van der Waals surface area contributed by atoms with Crippen molar-refractivity contribution in [3.63, 3.8) is 0 Å². The SMILES string of the molecule is Cc1ccc(/C=C/c2ccc([Se]c3ccc(/C=C/c4ccc(C)cc4)cc3)cc2)cc1. The molecule has 4 aromatic carbocycles. The minimum atomic E-state index is 0.318. The van der Waals surface area contributed by atoms with Crippen LogP contribution in [0.4, 0.5) is 0 Å². The zero-order valence-corrected chi connectivity index (χ0v) is 19.7. The summed E-state index contributed by atoms with van der Waals surface area (Å²) in [5.74, 6) is 0. The molecule has 0 nitrogen and oxygen atoms in total. The Morgan fingerprint density at radius 2 is 0.645 bits per heavy atom. The van der Waals surface area contributed by atoms with Crippen LogP contribution in [-0.4, -0.2) is 15.0 Å². The van der Waals surface area contributed by atoms with Crippen LogP contribution < -0.4 is 8.92 Å². The van der Waals surface area contributed by atoms with Gasteiger partial charge in [0.15, 0.2) is 0 Å². The predicted molar refractivity (Wildman–Crippen MR) is 138 cm³/mol. The molecule has 0 aliphatic rings. The molecule has 0 N–H and O–H groups in total. The van der Waals surface area contributed by atoms with Crippen molar-refractivity contribution in [3.05, 3.63) is 130 Å². The second-order valence-electron chi connectivity index (χ2n) is 7.73. The van der Waals surface area contributed by atoms with E-state index in [4.69, 9.17) is 0 Å². The van der Waals surface area contributed by atoms with Crippen LogP contribution in [0, 0.1) is 13.8 Å². The third-order valence-corrected chi connectivity index (χ3v) is 7.22. The fourth-order valence-corrected chi connectivity index (χ4v) is 4.88. The molecule has 0 aromatic heterocycles. The average Bonchev–Trinajstić information content (AvgIpc) is 2.80. The van der Waals surface area contributed by atoms with Gasteiger partial charge in [0.2, 0.25) is 0 Å². The molecule has 1 heteroatoms. The van der Waals surface area contributed by atoms with Gasteiger partial charge < -0.3 is 0 Å². The molecule has 0 unspecified atom stereocenters. The number of aryl methyl sites for hydroxylation is 2. The Morgan fingerprint density at radius 3 is 0.935 bits per heavy atom. The van der Waals surface area contributed by atoms with E-state index >= 15 is 0 Å². The van der Waals surface area contributed by atoms with Gasteiger partial charge in [-0.2, -0.15) is 0 Å². The normalized spacial score (nSPS) is 11.4. The molecule has 0 aliphatic carbocycles. The van der Waals surface area contributed by atoms with Gasteiger partial charge in [0.1, 0.15) is 0 Å². The molecule has 0 heterocycles. The van der Waals surface area contributed by atoms with Gasteiger partial charge in [-0.25, -0.2) is 0 Å². The summed E-state index contributed by atoms with van der Waals surface area (Å²) in [6, 6.07) is 35.0. The van der Waals surface area contributed by atoms with Crippen LogP contribution in [-0.2, 0) is 0 Å². The molecular formula is C30H26Se.